The molecule has 0 aliphatic rings. The predicted molar refractivity (Wildman–Crippen MR) is 71.9 cm³/mol. The lowest BCUT2D eigenvalue weighted by Gasteiger charge is -1.96. The van der Waals surface area contributed by atoms with Crippen LogP contribution in [0.5, 0.6) is 0 Å². The minimum Gasteiger partial charge on any atom is -0.267 e. The van der Waals surface area contributed by atoms with Crippen molar-refractivity contribution in [2.45, 2.75) is 0 Å². The first-order valence-corrected chi connectivity index (χ1v) is 6.16. The van der Waals surface area contributed by atoms with Crippen molar-refractivity contribution in [3.05, 3.63) is 63.1 Å². The Kier molecular flexibility index (Phi) is 2.60. The van der Waals surface area contributed by atoms with Crippen LogP contribution in [0.15, 0.2) is 47.4 Å². The van der Waals surface area contributed by atoms with Gasteiger partial charge in [0.15, 0.2) is 0 Å². The molecule has 0 amide bonds. The zero-order valence-electron chi connectivity index (χ0n) is 9.52. The minimum absolute atomic E-state index is 0.0874. The Morgan fingerprint density at radius 1 is 1.26 bits per heavy atom. The summed E-state index contributed by atoms with van der Waals surface area (Å²) >= 11 is 1.22. The monoisotopic (exact) mass is 273 g/mol. The van der Waals surface area contributed by atoms with Gasteiger partial charge in [-0.15, -0.1) is 0 Å². The summed E-state index contributed by atoms with van der Waals surface area (Å²) in [5.41, 5.74) is -0.377. The second-order valence-corrected chi connectivity index (χ2v) is 4.80. The van der Waals surface area contributed by atoms with Crippen LogP contribution in [0.3, 0.4) is 0 Å². The van der Waals surface area contributed by atoms with E-state index in [2.05, 4.69) is 4.98 Å². The van der Waals surface area contributed by atoms with Gasteiger partial charge in [0.25, 0.3) is 11.2 Å². The largest absolute Gasteiger partial charge is 0.274 e. The van der Waals surface area contributed by atoms with Crippen LogP contribution in [0.1, 0.15) is 0 Å². The zero-order chi connectivity index (χ0) is 13.4. The topological polar surface area (TPSA) is 78.0 Å². The van der Waals surface area contributed by atoms with E-state index in [1.165, 1.54) is 27.6 Å². The highest BCUT2D eigenvalue weighted by molar-refractivity contribution is 7.14. The molecule has 0 bridgehead atoms. The molecule has 6 nitrogen and oxygen atoms in total. The molecule has 0 fully saturated rings. The molecule has 19 heavy (non-hydrogen) atoms. The second-order valence-electron chi connectivity index (χ2n) is 3.82. The van der Waals surface area contributed by atoms with Gasteiger partial charge in [0.1, 0.15) is 5.82 Å². The number of non-ortho nitro benzene ring substituents is 1. The average molecular weight is 273 g/mol. The lowest BCUT2D eigenvalue weighted by atomic mass is 10.2. The standard InChI is InChI=1S/C12H7N3O3S/c16-12-9-7-8(15(17)18)4-5-10(9)19-14(12)11-3-1-2-6-13-11/h1-7H. The summed E-state index contributed by atoms with van der Waals surface area (Å²) < 4.78 is 2.12. The summed E-state index contributed by atoms with van der Waals surface area (Å²) in [5, 5.41) is 11.1. The molecule has 2 aromatic heterocycles. The van der Waals surface area contributed by atoms with Crippen LogP contribution in [0, 0.1) is 10.1 Å². The van der Waals surface area contributed by atoms with Gasteiger partial charge in [-0.2, -0.15) is 0 Å². The average Bonchev–Trinajstić information content (AvgIpc) is 2.77. The predicted octanol–water partition coefficient (Wildman–Crippen LogP) is 2.36. The lowest BCUT2D eigenvalue weighted by molar-refractivity contribution is -0.384. The maximum Gasteiger partial charge on any atom is 0.274 e. The van der Waals surface area contributed by atoms with Gasteiger partial charge in [0.05, 0.1) is 15.0 Å². The van der Waals surface area contributed by atoms with E-state index in [9.17, 15) is 14.9 Å². The SMILES string of the molecule is O=c1c2cc([N+](=O)[O-])ccc2sn1-c1ccccn1. The second kappa shape index (κ2) is 4.29. The van der Waals surface area contributed by atoms with E-state index >= 15 is 0 Å². The molecule has 0 radical (unpaired) electrons. The van der Waals surface area contributed by atoms with Crippen molar-refractivity contribution in [3.8, 4) is 5.82 Å². The molecule has 3 aromatic rings. The summed E-state index contributed by atoms with van der Waals surface area (Å²) in [6.07, 6.45) is 1.59. The van der Waals surface area contributed by atoms with Crippen molar-refractivity contribution in [1.82, 2.24) is 8.94 Å². The third-order valence-corrected chi connectivity index (χ3v) is 3.72. The van der Waals surface area contributed by atoms with E-state index in [1.54, 1.807) is 30.5 Å². The van der Waals surface area contributed by atoms with Gasteiger partial charge >= 0.3 is 0 Å². The van der Waals surface area contributed by atoms with Crippen molar-refractivity contribution in [1.29, 1.82) is 0 Å². The first-order chi connectivity index (χ1) is 9.16. The van der Waals surface area contributed by atoms with E-state index < -0.39 is 4.92 Å². The molecule has 0 atom stereocenters. The lowest BCUT2D eigenvalue weighted by Crippen LogP contribution is -2.11. The molecule has 0 N–H and O–H groups in total. The highest BCUT2D eigenvalue weighted by Gasteiger charge is 2.14. The molecular formula is C12H7N3O3S. The van der Waals surface area contributed by atoms with Gasteiger partial charge < -0.3 is 0 Å². The van der Waals surface area contributed by atoms with Crippen LogP contribution in [0.25, 0.3) is 15.9 Å². The molecule has 0 spiro atoms. The zero-order valence-corrected chi connectivity index (χ0v) is 10.3. The summed E-state index contributed by atoms with van der Waals surface area (Å²) in [6, 6.07) is 9.52. The first-order valence-electron chi connectivity index (χ1n) is 5.39. The number of rotatable bonds is 2. The molecule has 0 unspecified atom stereocenters. The minimum atomic E-state index is -0.512. The Labute approximate surface area is 110 Å². The summed E-state index contributed by atoms with van der Waals surface area (Å²) in [6.45, 7) is 0. The van der Waals surface area contributed by atoms with Gasteiger partial charge in [0, 0.05) is 18.3 Å². The molecule has 0 aliphatic carbocycles. The number of aromatic nitrogens is 2. The molecule has 1 aromatic carbocycles. The Balaban J connectivity index is 2.27. The van der Waals surface area contributed by atoms with Gasteiger partial charge in [-0.1, -0.05) is 6.07 Å². The van der Waals surface area contributed by atoms with E-state index in [1.807, 2.05) is 0 Å². The van der Waals surface area contributed by atoms with Crippen molar-refractivity contribution in [2.24, 2.45) is 0 Å². The Morgan fingerprint density at radius 3 is 2.79 bits per heavy atom. The van der Waals surface area contributed by atoms with Crippen LogP contribution in [0.2, 0.25) is 0 Å². The third kappa shape index (κ3) is 1.89. The van der Waals surface area contributed by atoms with Gasteiger partial charge in [-0.3, -0.25) is 14.9 Å². The molecule has 0 aliphatic heterocycles. The van der Waals surface area contributed by atoms with Gasteiger partial charge in [-0.25, -0.2) is 8.94 Å². The molecular weight excluding hydrogens is 266 g/mol. The van der Waals surface area contributed by atoms with Gasteiger partial charge in [-0.05, 0) is 29.7 Å². The van der Waals surface area contributed by atoms with Crippen molar-refractivity contribution < 1.29 is 4.92 Å². The van der Waals surface area contributed by atoms with Gasteiger partial charge in [0.2, 0.25) is 0 Å². The van der Waals surface area contributed by atoms with E-state index in [0.717, 1.165) is 0 Å². The Bertz CT molecular complexity index is 823. The molecule has 3 rings (SSSR count). The summed E-state index contributed by atoms with van der Waals surface area (Å²) in [5.74, 6) is 0.511. The number of pyridine rings is 1. The fourth-order valence-electron chi connectivity index (χ4n) is 1.75. The van der Waals surface area contributed by atoms with Crippen LogP contribution in [-0.2, 0) is 0 Å². The van der Waals surface area contributed by atoms with E-state index in [-0.39, 0.29) is 11.2 Å². The number of nitro groups is 1. The number of hydrogen-bond donors (Lipinski definition) is 0. The quantitative estimate of drug-likeness (QED) is 0.530. The van der Waals surface area contributed by atoms with E-state index in [4.69, 9.17) is 0 Å². The molecule has 0 saturated carbocycles. The first kappa shape index (κ1) is 11.5. The smallest absolute Gasteiger partial charge is 0.267 e. The normalized spacial score (nSPS) is 10.7. The highest BCUT2D eigenvalue weighted by atomic mass is 32.1. The number of fused-ring (bicyclic) bond motifs is 1. The van der Waals surface area contributed by atoms with Crippen LogP contribution >= 0.6 is 11.5 Å². The Morgan fingerprint density at radius 2 is 2.11 bits per heavy atom. The van der Waals surface area contributed by atoms with Crippen LogP contribution in [0.4, 0.5) is 5.69 Å². The van der Waals surface area contributed by atoms with Crippen molar-refractivity contribution in [3.63, 3.8) is 0 Å². The van der Waals surface area contributed by atoms with Crippen molar-refractivity contribution >= 4 is 27.3 Å². The maximum atomic E-state index is 12.2. The molecule has 94 valence electrons. The molecule has 0 saturated heterocycles. The van der Waals surface area contributed by atoms with Crippen molar-refractivity contribution in [2.75, 3.05) is 0 Å². The molecule has 2 heterocycles. The summed E-state index contributed by atoms with van der Waals surface area (Å²) in [7, 11) is 0. The maximum absolute atomic E-state index is 12.2. The number of nitrogens with zero attached hydrogens (tertiary/aromatic N) is 3. The third-order valence-electron chi connectivity index (χ3n) is 2.64. The fourth-order valence-corrected chi connectivity index (χ4v) is 2.71. The number of nitro benzene ring substituents is 1. The van der Waals surface area contributed by atoms with Crippen LogP contribution < -0.4 is 5.56 Å². The number of hydrogen-bond acceptors (Lipinski definition) is 5. The number of benzene rings is 1. The molecule has 7 heteroatoms. The van der Waals surface area contributed by atoms with E-state index in [0.29, 0.717) is 15.9 Å². The van der Waals surface area contributed by atoms with Crippen LogP contribution in [-0.4, -0.2) is 13.9 Å². The summed E-state index contributed by atoms with van der Waals surface area (Å²) in [4.78, 5) is 26.5. The fraction of sp³-hybridized carbons (Fsp3) is 0. The highest BCUT2D eigenvalue weighted by Crippen LogP contribution is 2.23. The Hall–Kier alpha value is -2.54.